The van der Waals surface area contributed by atoms with Gasteiger partial charge in [-0.05, 0) is 31.1 Å². The highest BCUT2D eigenvalue weighted by molar-refractivity contribution is 8.69. The van der Waals surface area contributed by atoms with Gasteiger partial charge in [0.05, 0.1) is 15.9 Å². The summed E-state index contributed by atoms with van der Waals surface area (Å²) in [4.78, 5) is 0. The molecule has 0 aromatic heterocycles. The van der Waals surface area contributed by atoms with Crippen LogP contribution in [0.2, 0.25) is 0 Å². The Morgan fingerprint density at radius 2 is 2.00 bits per heavy atom. The molecule has 16 heavy (non-hydrogen) atoms. The Balaban J connectivity index is 1.88. The number of hydrogen-bond donors (Lipinski definition) is 0. The molecule has 1 saturated heterocycles. The SMILES string of the molecule is O=S1CC2CCC(OC(F)(F)F)CC2CS1. The van der Waals surface area contributed by atoms with Crippen molar-refractivity contribution in [1.82, 2.24) is 0 Å². The third kappa shape index (κ3) is 3.37. The smallest absolute Gasteiger partial charge is 0.289 e. The maximum absolute atomic E-state index is 12.1. The molecule has 0 N–H and O–H groups in total. The van der Waals surface area contributed by atoms with Gasteiger partial charge in [-0.25, -0.2) is 4.21 Å². The summed E-state index contributed by atoms with van der Waals surface area (Å²) in [6, 6.07) is 0. The van der Waals surface area contributed by atoms with Crippen molar-refractivity contribution in [2.24, 2.45) is 11.8 Å². The van der Waals surface area contributed by atoms with E-state index in [1.54, 1.807) is 0 Å². The molecule has 7 heteroatoms. The first-order valence-corrected chi connectivity index (χ1v) is 8.02. The Hall–Kier alpha value is 0.250. The van der Waals surface area contributed by atoms with Crippen LogP contribution in [0.25, 0.3) is 0 Å². The van der Waals surface area contributed by atoms with Crippen molar-refractivity contribution in [3.8, 4) is 0 Å². The molecular formula is C9H13F3O2S2. The third-order valence-corrected chi connectivity index (χ3v) is 6.29. The molecule has 2 fully saturated rings. The first-order valence-electron chi connectivity index (χ1n) is 5.20. The average molecular weight is 274 g/mol. The summed E-state index contributed by atoms with van der Waals surface area (Å²) in [5.41, 5.74) is 0. The maximum atomic E-state index is 12.1. The first kappa shape index (κ1) is 12.7. The molecule has 1 aliphatic heterocycles. The normalized spacial score (nSPS) is 40.4. The zero-order valence-electron chi connectivity index (χ0n) is 8.53. The minimum atomic E-state index is -4.53. The number of fused-ring (bicyclic) bond motifs is 1. The predicted molar refractivity (Wildman–Crippen MR) is 57.2 cm³/mol. The number of rotatable bonds is 1. The van der Waals surface area contributed by atoms with Crippen LogP contribution in [0.15, 0.2) is 0 Å². The van der Waals surface area contributed by atoms with E-state index in [1.807, 2.05) is 0 Å². The summed E-state index contributed by atoms with van der Waals surface area (Å²) in [5, 5.41) is 0. The van der Waals surface area contributed by atoms with Crippen molar-refractivity contribution >= 4 is 20.6 Å². The second-order valence-corrected chi connectivity index (χ2v) is 7.61. The molecule has 2 rings (SSSR count). The highest BCUT2D eigenvalue weighted by atomic mass is 33.1. The minimum Gasteiger partial charge on any atom is -0.289 e. The Labute approximate surface area is 98.2 Å². The van der Waals surface area contributed by atoms with E-state index in [0.717, 1.165) is 0 Å². The lowest BCUT2D eigenvalue weighted by molar-refractivity contribution is -0.346. The Morgan fingerprint density at radius 1 is 1.25 bits per heavy atom. The fraction of sp³-hybridized carbons (Fsp3) is 1.00. The fourth-order valence-electron chi connectivity index (χ4n) is 2.39. The van der Waals surface area contributed by atoms with E-state index in [9.17, 15) is 17.4 Å². The van der Waals surface area contributed by atoms with Crippen LogP contribution in [0.5, 0.6) is 0 Å². The molecule has 0 aromatic rings. The minimum absolute atomic E-state index is 0.240. The van der Waals surface area contributed by atoms with E-state index in [1.165, 1.54) is 10.8 Å². The second-order valence-electron chi connectivity index (χ2n) is 4.27. The van der Waals surface area contributed by atoms with Gasteiger partial charge in [-0.15, -0.1) is 13.2 Å². The lowest BCUT2D eigenvalue weighted by atomic mass is 9.80. The van der Waals surface area contributed by atoms with Crippen LogP contribution in [-0.4, -0.2) is 28.2 Å². The van der Waals surface area contributed by atoms with Crippen LogP contribution < -0.4 is 0 Å². The molecule has 4 atom stereocenters. The highest BCUT2D eigenvalue weighted by Gasteiger charge is 2.40. The van der Waals surface area contributed by atoms with Gasteiger partial charge < -0.3 is 0 Å². The van der Waals surface area contributed by atoms with Gasteiger partial charge in [-0.1, -0.05) is 10.8 Å². The van der Waals surface area contributed by atoms with E-state index < -0.39 is 22.3 Å². The Morgan fingerprint density at radius 3 is 2.69 bits per heavy atom. The summed E-state index contributed by atoms with van der Waals surface area (Å²) >= 11 is 0. The van der Waals surface area contributed by atoms with Gasteiger partial charge in [0, 0.05) is 11.5 Å². The zero-order chi connectivity index (χ0) is 11.8. The molecule has 1 heterocycles. The van der Waals surface area contributed by atoms with E-state index in [0.29, 0.717) is 36.7 Å². The molecular weight excluding hydrogens is 261 g/mol. The van der Waals surface area contributed by atoms with Crippen molar-refractivity contribution in [3.05, 3.63) is 0 Å². The molecule has 94 valence electrons. The second kappa shape index (κ2) is 4.86. The van der Waals surface area contributed by atoms with E-state index >= 15 is 0 Å². The monoisotopic (exact) mass is 274 g/mol. The summed E-state index contributed by atoms with van der Waals surface area (Å²) in [7, 11) is 0.524. The van der Waals surface area contributed by atoms with Gasteiger partial charge in [-0.3, -0.25) is 4.74 Å². The quantitative estimate of drug-likeness (QED) is 0.688. The molecule has 0 bridgehead atoms. The highest BCUT2D eigenvalue weighted by Crippen LogP contribution is 2.40. The molecule has 0 amide bonds. The van der Waals surface area contributed by atoms with Crippen molar-refractivity contribution in [2.45, 2.75) is 31.7 Å². The van der Waals surface area contributed by atoms with E-state index in [-0.39, 0.29) is 5.92 Å². The van der Waals surface area contributed by atoms with E-state index in [2.05, 4.69) is 4.74 Å². The lowest BCUT2D eigenvalue weighted by Gasteiger charge is -2.38. The van der Waals surface area contributed by atoms with Gasteiger partial charge in [0.25, 0.3) is 0 Å². The van der Waals surface area contributed by atoms with Crippen LogP contribution in [-0.2, 0) is 14.6 Å². The van der Waals surface area contributed by atoms with Gasteiger partial charge in [0.15, 0.2) is 0 Å². The van der Waals surface area contributed by atoms with Crippen LogP contribution in [0.4, 0.5) is 13.2 Å². The maximum Gasteiger partial charge on any atom is 0.522 e. The predicted octanol–water partition coefficient (Wildman–Crippen LogP) is 2.72. The number of halogens is 3. The zero-order valence-corrected chi connectivity index (χ0v) is 10.2. The molecule has 2 aliphatic rings. The Kier molecular flexibility index (Phi) is 3.86. The van der Waals surface area contributed by atoms with Crippen LogP contribution in [0.1, 0.15) is 19.3 Å². The summed E-state index contributed by atoms with van der Waals surface area (Å²) < 4.78 is 51.5. The largest absolute Gasteiger partial charge is 0.522 e. The molecule has 0 spiro atoms. The molecule has 1 aliphatic carbocycles. The molecule has 0 radical (unpaired) electrons. The summed E-state index contributed by atoms with van der Waals surface area (Å²) in [6.07, 6.45) is -3.63. The van der Waals surface area contributed by atoms with Gasteiger partial charge in [-0.2, -0.15) is 0 Å². The number of alkyl halides is 3. The average Bonchev–Trinajstić information content (AvgIpc) is 2.16. The standard InChI is InChI=1S/C9H13F3O2S2/c10-9(11,12)14-8-2-1-6-5-16(13)15-4-7(6)3-8/h6-8H,1-5H2. The molecule has 4 unspecified atom stereocenters. The van der Waals surface area contributed by atoms with Crippen molar-refractivity contribution in [1.29, 1.82) is 0 Å². The molecule has 1 saturated carbocycles. The summed E-state index contributed by atoms with van der Waals surface area (Å²) in [6.45, 7) is 0. The number of ether oxygens (including phenoxy) is 1. The van der Waals surface area contributed by atoms with E-state index in [4.69, 9.17) is 0 Å². The summed E-state index contributed by atoms with van der Waals surface area (Å²) in [5.74, 6) is 1.90. The van der Waals surface area contributed by atoms with Gasteiger partial charge in [0.2, 0.25) is 0 Å². The van der Waals surface area contributed by atoms with Gasteiger partial charge >= 0.3 is 6.36 Å². The topological polar surface area (TPSA) is 26.3 Å². The van der Waals surface area contributed by atoms with Gasteiger partial charge in [0.1, 0.15) is 0 Å². The molecule has 2 nitrogen and oxygen atoms in total. The molecule has 0 aromatic carbocycles. The van der Waals surface area contributed by atoms with Crippen LogP contribution in [0.3, 0.4) is 0 Å². The third-order valence-electron chi connectivity index (χ3n) is 3.16. The number of hydrogen-bond acceptors (Lipinski definition) is 3. The fourth-order valence-corrected chi connectivity index (χ4v) is 5.80. The van der Waals surface area contributed by atoms with Crippen LogP contribution in [0, 0.1) is 11.8 Å². The van der Waals surface area contributed by atoms with Crippen molar-refractivity contribution < 1.29 is 22.1 Å². The lowest BCUT2D eigenvalue weighted by Crippen LogP contribution is -2.38. The van der Waals surface area contributed by atoms with Crippen LogP contribution >= 0.6 is 10.8 Å². The van der Waals surface area contributed by atoms with Crippen molar-refractivity contribution in [3.63, 3.8) is 0 Å². The Bertz CT molecular complexity index is 282. The van der Waals surface area contributed by atoms with Crippen molar-refractivity contribution in [2.75, 3.05) is 11.5 Å². The first-order chi connectivity index (χ1) is 7.44.